The van der Waals surface area contributed by atoms with E-state index in [2.05, 4.69) is 10.5 Å². The second kappa shape index (κ2) is 6.27. The molecule has 0 aliphatic heterocycles. The largest absolute Gasteiger partial charge is 0.359 e. The fourth-order valence-electron chi connectivity index (χ4n) is 1.27. The van der Waals surface area contributed by atoms with Crippen LogP contribution in [0.3, 0.4) is 0 Å². The van der Waals surface area contributed by atoms with E-state index in [1.807, 2.05) is 19.9 Å². The van der Waals surface area contributed by atoms with Gasteiger partial charge in [-0.2, -0.15) is 0 Å². The maximum absolute atomic E-state index is 11.4. The fraction of sp³-hybridized carbons (Fsp3) is 0.636. The monoisotopic (exact) mass is 225 g/mol. The first kappa shape index (κ1) is 12.7. The van der Waals surface area contributed by atoms with Crippen LogP contribution in [0, 0.1) is 12.8 Å². The predicted molar refractivity (Wildman–Crippen MR) is 60.5 cm³/mol. The maximum Gasteiger partial charge on any atom is 0.220 e. The van der Waals surface area contributed by atoms with Gasteiger partial charge in [-0.1, -0.05) is 12.1 Å². The summed E-state index contributed by atoms with van der Waals surface area (Å²) in [5, 5.41) is 6.52. The summed E-state index contributed by atoms with van der Waals surface area (Å²) in [6, 6.07) is 1.81. The summed E-state index contributed by atoms with van der Waals surface area (Å²) >= 11 is 0. The summed E-state index contributed by atoms with van der Waals surface area (Å²) in [5.41, 5.74) is 6.29. The van der Waals surface area contributed by atoms with Gasteiger partial charge in [0, 0.05) is 12.5 Å². The third-order valence-corrected chi connectivity index (χ3v) is 2.40. The second-order valence-corrected chi connectivity index (χ2v) is 4.09. The molecule has 90 valence electrons. The molecule has 1 atom stereocenters. The molecule has 0 bridgehead atoms. The molecule has 0 spiro atoms. The zero-order valence-corrected chi connectivity index (χ0v) is 9.82. The molecule has 0 aliphatic rings. The van der Waals surface area contributed by atoms with Crippen molar-refractivity contribution in [3.05, 3.63) is 17.5 Å². The number of nitrogens with two attached hydrogens (primary N) is 1. The average Bonchev–Trinajstić information content (AvgIpc) is 2.69. The van der Waals surface area contributed by atoms with E-state index in [1.165, 1.54) is 0 Å². The highest BCUT2D eigenvalue weighted by atomic mass is 16.5. The molecular weight excluding hydrogens is 206 g/mol. The van der Waals surface area contributed by atoms with E-state index in [0.717, 1.165) is 12.1 Å². The normalized spacial score (nSPS) is 12.4. The number of hydrogen-bond donors (Lipinski definition) is 2. The second-order valence-electron chi connectivity index (χ2n) is 4.09. The SMILES string of the molecule is Cc1cc(CNC(=O)CCC(C)CN)on1. The Labute approximate surface area is 95.4 Å². The number of nitrogens with zero attached hydrogens (tertiary/aromatic N) is 1. The van der Waals surface area contributed by atoms with Crippen molar-refractivity contribution in [3.63, 3.8) is 0 Å². The van der Waals surface area contributed by atoms with Crippen molar-refractivity contribution in [1.82, 2.24) is 10.5 Å². The van der Waals surface area contributed by atoms with Crippen LogP contribution in [0.5, 0.6) is 0 Å². The molecule has 0 saturated carbocycles. The zero-order chi connectivity index (χ0) is 12.0. The lowest BCUT2D eigenvalue weighted by molar-refractivity contribution is -0.121. The first-order chi connectivity index (χ1) is 7.61. The molecule has 0 saturated heterocycles. The van der Waals surface area contributed by atoms with Gasteiger partial charge in [-0.3, -0.25) is 4.79 Å². The van der Waals surface area contributed by atoms with Crippen LogP contribution in [0.25, 0.3) is 0 Å². The summed E-state index contributed by atoms with van der Waals surface area (Å²) in [6.45, 7) is 4.90. The number of amides is 1. The molecule has 1 rings (SSSR count). The van der Waals surface area contributed by atoms with Crippen LogP contribution in [-0.4, -0.2) is 17.6 Å². The summed E-state index contributed by atoms with van der Waals surface area (Å²) in [4.78, 5) is 11.4. The zero-order valence-electron chi connectivity index (χ0n) is 9.82. The van der Waals surface area contributed by atoms with Crippen molar-refractivity contribution in [2.45, 2.75) is 33.2 Å². The van der Waals surface area contributed by atoms with Crippen LogP contribution in [0.4, 0.5) is 0 Å². The predicted octanol–water partition coefficient (Wildman–Crippen LogP) is 0.974. The number of rotatable bonds is 6. The lowest BCUT2D eigenvalue weighted by atomic mass is 10.1. The van der Waals surface area contributed by atoms with Gasteiger partial charge >= 0.3 is 0 Å². The number of hydrogen-bond acceptors (Lipinski definition) is 4. The highest BCUT2D eigenvalue weighted by Gasteiger charge is 2.06. The van der Waals surface area contributed by atoms with E-state index >= 15 is 0 Å². The number of aryl methyl sites for hydroxylation is 1. The molecule has 1 aromatic rings. The lowest BCUT2D eigenvalue weighted by Crippen LogP contribution is -2.23. The van der Waals surface area contributed by atoms with E-state index in [-0.39, 0.29) is 5.91 Å². The minimum Gasteiger partial charge on any atom is -0.359 e. The van der Waals surface area contributed by atoms with Crippen molar-refractivity contribution in [3.8, 4) is 0 Å². The van der Waals surface area contributed by atoms with Gasteiger partial charge < -0.3 is 15.6 Å². The van der Waals surface area contributed by atoms with Gasteiger partial charge in [0.25, 0.3) is 0 Å². The van der Waals surface area contributed by atoms with E-state index < -0.39 is 0 Å². The topological polar surface area (TPSA) is 81.2 Å². The maximum atomic E-state index is 11.4. The molecule has 1 amide bonds. The molecule has 1 heterocycles. The van der Waals surface area contributed by atoms with Crippen LogP contribution >= 0.6 is 0 Å². The van der Waals surface area contributed by atoms with Crippen molar-refractivity contribution in [1.29, 1.82) is 0 Å². The van der Waals surface area contributed by atoms with Crippen molar-refractivity contribution >= 4 is 5.91 Å². The van der Waals surface area contributed by atoms with Crippen molar-refractivity contribution in [2.24, 2.45) is 11.7 Å². The molecule has 0 radical (unpaired) electrons. The highest BCUT2D eigenvalue weighted by Crippen LogP contribution is 2.04. The molecule has 1 unspecified atom stereocenters. The molecule has 0 aliphatic carbocycles. The van der Waals surface area contributed by atoms with Crippen LogP contribution < -0.4 is 11.1 Å². The number of nitrogens with one attached hydrogen (secondary N) is 1. The van der Waals surface area contributed by atoms with Gasteiger partial charge in [0.1, 0.15) is 0 Å². The Morgan fingerprint density at radius 3 is 3.00 bits per heavy atom. The van der Waals surface area contributed by atoms with E-state index in [4.69, 9.17) is 10.3 Å². The molecule has 1 aromatic heterocycles. The molecule has 0 fully saturated rings. The summed E-state index contributed by atoms with van der Waals surface area (Å²) in [5.74, 6) is 1.09. The minimum atomic E-state index is 0.0225. The third-order valence-electron chi connectivity index (χ3n) is 2.40. The number of aromatic nitrogens is 1. The smallest absolute Gasteiger partial charge is 0.220 e. The van der Waals surface area contributed by atoms with Crippen LogP contribution in [0.1, 0.15) is 31.2 Å². The average molecular weight is 225 g/mol. The number of carbonyl (C=O) groups is 1. The Hall–Kier alpha value is -1.36. The first-order valence-electron chi connectivity index (χ1n) is 5.50. The third kappa shape index (κ3) is 4.44. The van der Waals surface area contributed by atoms with Gasteiger partial charge in [0.2, 0.25) is 5.91 Å². The Balaban J connectivity index is 2.20. The Bertz CT molecular complexity index is 336. The van der Waals surface area contributed by atoms with Gasteiger partial charge in [-0.25, -0.2) is 0 Å². The van der Waals surface area contributed by atoms with E-state index in [9.17, 15) is 4.79 Å². The Morgan fingerprint density at radius 2 is 2.44 bits per heavy atom. The van der Waals surface area contributed by atoms with Gasteiger partial charge in [0.15, 0.2) is 5.76 Å². The van der Waals surface area contributed by atoms with Crippen molar-refractivity contribution < 1.29 is 9.32 Å². The van der Waals surface area contributed by atoms with Gasteiger partial charge in [-0.05, 0) is 25.8 Å². The molecule has 3 N–H and O–H groups in total. The molecule has 5 heteroatoms. The lowest BCUT2D eigenvalue weighted by Gasteiger charge is -2.07. The van der Waals surface area contributed by atoms with Gasteiger partial charge in [0.05, 0.1) is 12.2 Å². The van der Waals surface area contributed by atoms with Crippen LogP contribution in [0.2, 0.25) is 0 Å². The van der Waals surface area contributed by atoms with Crippen molar-refractivity contribution in [2.75, 3.05) is 6.54 Å². The quantitative estimate of drug-likeness (QED) is 0.756. The van der Waals surface area contributed by atoms with Crippen LogP contribution in [-0.2, 0) is 11.3 Å². The summed E-state index contributed by atoms with van der Waals surface area (Å²) < 4.78 is 4.98. The summed E-state index contributed by atoms with van der Waals surface area (Å²) in [7, 11) is 0. The van der Waals surface area contributed by atoms with Gasteiger partial charge in [-0.15, -0.1) is 0 Å². The standard InChI is InChI=1S/C11H19N3O2/c1-8(6-12)3-4-11(15)13-7-10-5-9(2)14-16-10/h5,8H,3-4,6-7,12H2,1-2H3,(H,13,15). The molecule has 0 aromatic carbocycles. The highest BCUT2D eigenvalue weighted by molar-refractivity contribution is 5.75. The van der Waals surface area contributed by atoms with Crippen LogP contribution in [0.15, 0.2) is 10.6 Å². The van der Waals surface area contributed by atoms with E-state index in [1.54, 1.807) is 0 Å². The molecule has 16 heavy (non-hydrogen) atoms. The minimum absolute atomic E-state index is 0.0225. The Kier molecular flexibility index (Phi) is 4.98. The number of carbonyl (C=O) groups excluding carboxylic acids is 1. The molecular formula is C11H19N3O2. The summed E-state index contributed by atoms with van der Waals surface area (Å²) in [6.07, 6.45) is 1.32. The molecule has 5 nitrogen and oxygen atoms in total. The fourth-order valence-corrected chi connectivity index (χ4v) is 1.27. The Morgan fingerprint density at radius 1 is 1.69 bits per heavy atom. The van der Waals surface area contributed by atoms with E-state index in [0.29, 0.717) is 31.2 Å². The first-order valence-corrected chi connectivity index (χ1v) is 5.50.